The quantitative estimate of drug-likeness (QED) is 0.170. The molecule has 0 aliphatic carbocycles. The number of benzene rings is 2. The zero-order valence-corrected chi connectivity index (χ0v) is 15.3. The van der Waals surface area contributed by atoms with Gasteiger partial charge in [0.15, 0.2) is 5.70 Å². The van der Waals surface area contributed by atoms with Gasteiger partial charge in [-0.1, -0.05) is 23.5 Å². The first-order chi connectivity index (χ1) is 12.4. The third-order valence-corrected chi connectivity index (χ3v) is 4.50. The summed E-state index contributed by atoms with van der Waals surface area (Å²) in [6.07, 6.45) is 0. The monoisotopic (exact) mass is 386 g/mol. The Labute approximate surface area is 158 Å². The van der Waals surface area contributed by atoms with Crippen molar-refractivity contribution in [3.05, 3.63) is 53.9 Å². The van der Waals surface area contributed by atoms with Crippen molar-refractivity contribution in [2.24, 2.45) is 10.2 Å². The molecule has 9 heteroatoms. The van der Waals surface area contributed by atoms with E-state index < -0.39 is 5.91 Å². The number of phenolic OH excluding ortho intramolecular Hbond substituents is 1. The van der Waals surface area contributed by atoms with Gasteiger partial charge in [-0.3, -0.25) is 4.79 Å². The van der Waals surface area contributed by atoms with Gasteiger partial charge in [0.25, 0.3) is 5.91 Å². The summed E-state index contributed by atoms with van der Waals surface area (Å²) in [6, 6.07) is 11.7. The zero-order valence-electron chi connectivity index (χ0n) is 13.5. The summed E-state index contributed by atoms with van der Waals surface area (Å²) in [6.45, 7) is 1.32. The molecule has 0 saturated heterocycles. The highest BCUT2D eigenvalue weighted by Crippen LogP contribution is 2.30. The molecular formula is C17H14N4O3S2. The minimum atomic E-state index is -0.700. The maximum Gasteiger partial charge on any atom is 0.279 e. The number of nitrogens with zero attached hydrogens (tertiary/aromatic N) is 3. The molecule has 26 heavy (non-hydrogen) atoms. The molecule has 2 aromatic carbocycles. The van der Waals surface area contributed by atoms with E-state index in [0.717, 1.165) is 15.1 Å². The number of azo groups is 1. The Morgan fingerprint density at radius 1 is 1.27 bits per heavy atom. The predicted molar refractivity (Wildman–Crippen MR) is 103 cm³/mol. The number of amides is 1. The molecule has 7 nitrogen and oxygen atoms in total. The highest BCUT2D eigenvalue weighted by Gasteiger charge is 2.15. The largest absolute Gasteiger partial charge is 0.510 e. The maximum absolute atomic E-state index is 12.3. The summed E-state index contributed by atoms with van der Waals surface area (Å²) >= 11 is 5.56. The van der Waals surface area contributed by atoms with Crippen molar-refractivity contribution in [3.63, 3.8) is 0 Å². The van der Waals surface area contributed by atoms with Gasteiger partial charge in [-0.05, 0) is 37.3 Å². The van der Waals surface area contributed by atoms with Crippen LogP contribution >= 0.6 is 24.0 Å². The van der Waals surface area contributed by atoms with Crippen LogP contribution < -0.4 is 5.32 Å². The minimum absolute atomic E-state index is 0.0959. The molecule has 0 bridgehead atoms. The summed E-state index contributed by atoms with van der Waals surface area (Å²) in [4.78, 5) is 17.4. The minimum Gasteiger partial charge on any atom is -0.510 e. The zero-order chi connectivity index (χ0) is 18.7. The number of aliphatic hydroxyl groups excluding tert-OH is 1. The molecule has 3 rings (SSSR count). The number of fused-ring (bicyclic) bond motifs is 1. The number of aromatic nitrogens is 1. The van der Waals surface area contributed by atoms with Gasteiger partial charge in [0.1, 0.15) is 11.5 Å². The molecule has 0 radical (unpaired) electrons. The number of allylic oxidation sites excluding steroid dienone is 1. The number of anilines is 1. The maximum atomic E-state index is 12.3. The fraction of sp³-hybridized carbons (Fsp3) is 0.0588. The Morgan fingerprint density at radius 3 is 2.77 bits per heavy atom. The number of thiazole rings is 1. The highest BCUT2D eigenvalue weighted by atomic mass is 32.1. The molecule has 0 aliphatic rings. The topological polar surface area (TPSA) is 107 Å². The number of hydrogen-bond acceptors (Lipinski definition) is 8. The molecule has 0 aliphatic heterocycles. The van der Waals surface area contributed by atoms with Crippen molar-refractivity contribution < 1.29 is 15.0 Å². The summed E-state index contributed by atoms with van der Waals surface area (Å²) < 4.78 is 0.904. The number of nitrogens with one attached hydrogen (secondary N) is 1. The number of phenols is 1. The van der Waals surface area contributed by atoms with Crippen LogP contribution in [-0.4, -0.2) is 21.1 Å². The lowest BCUT2D eigenvalue weighted by molar-refractivity contribution is -0.113. The first-order valence-electron chi connectivity index (χ1n) is 7.44. The second-order valence-electron chi connectivity index (χ2n) is 5.25. The van der Waals surface area contributed by atoms with E-state index in [1.165, 1.54) is 30.4 Å². The van der Waals surface area contributed by atoms with Crippen molar-refractivity contribution in [2.75, 3.05) is 5.32 Å². The third-order valence-electron chi connectivity index (χ3n) is 3.31. The molecule has 3 aromatic rings. The van der Waals surface area contributed by atoms with E-state index in [4.69, 9.17) is 0 Å². The molecule has 1 heterocycles. The van der Waals surface area contributed by atoms with Gasteiger partial charge in [-0.25, -0.2) is 4.98 Å². The van der Waals surface area contributed by atoms with E-state index in [-0.39, 0.29) is 22.9 Å². The Bertz CT molecular complexity index is 1040. The number of para-hydroxylation sites is 2. The normalized spacial score (nSPS) is 12.4. The second kappa shape index (κ2) is 7.54. The predicted octanol–water partition coefficient (Wildman–Crippen LogP) is 4.80. The lowest BCUT2D eigenvalue weighted by Gasteiger charge is -2.07. The third kappa shape index (κ3) is 4.01. The van der Waals surface area contributed by atoms with Crippen LogP contribution in [0.15, 0.2) is 69.0 Å². The van der Waals surface area contributed by atoms with Gasteiger partial charge in [0, 0.05) is 4.90 Å². The molecular weight excluding hydrogens is 372 g/mol. The van der Waals surface area contributed by atoms with Crippen LogP contribution in [0.4, 0.5) is 10.8 Å². The van der Waals surface area contributed by atoms with E-state index in [9.17, 15) is 15.0 Å². The molecule has 0 spiro atoms. The van der Waals surface area contributed by atoms with E-state index in [0.29, 0.717) is 5.13 Å². The van der Waals surface area contributed by atoms with E-state index in [2.05, 4.69) is 33.2 Å². The van der Waals surface area contributed by atoms with Gasteiger partial charge >= 0.3 is 0 Å². The molecule has 1 aromatic heterocycles. The van der Waals surface area contributed by atoms with Gasteiger partial charge in [-0.2, -0.15) is 0 Å². The SMILES string of the molecule is C/C(O)=C(\N=Nc1nc2cc(S)ccc2s1)C(=O)Nc1ccccc1O. The van der Waals surface area contributed by atoms with Crippen molar-refractivity contribution in [3.8, 4) is 5.75 Å². The number of aromatic hydroxyl groups is 1. The van der Waals surface area contributed by atoms with Gasteiger partial charge in [0.05, 0.1) is 15.9 Å². The smallest absolute Gasteiger partial charge is 0.279 e. The van der Waals surface area contributed by atoms with Crippen molar-refractivity contribution in [1.29, 1.82) is 0 Å². The van der Waals surface area contributed by atoms with E-state index in [1.807, 2.05) is 12.1 Å². The fourth-order valence-electron chi connectivity index (χ4n) is 2.08. The van der Waals surface area contributed by atoms with Gasteiger partial charge in [-0.15, -0.1) is 22.9 Å². The lowest BCUT2D eigenvalue weighted by Crippen LogP contribution is -2.14. The van der Waals surface area contributed by atoms with Crippen molar-refractivity contribution in [2.45, 2.75) is 11.8 Å². The summed E-state index contributed by atoms with van der Waals surface area (Å²) in [5, 5.41) is 30.1. The average Bonchev–Trinajstić information content (AvgIpc) is 2.98. The summed E-state index contributed by atoms with van der Waals surface area (Å²) in [7, 11) is 0. The van der Waals surface area contributed by atoms with Crippen LogP contribution in [0.2, 0.25) is 0 Å². The van der Waals surface area contributed by atoms with E-state index in [1.54, 1.807) is 18.2 Å². The number of carbonyl (C=O) groups is 1. The standard InChI is InChI=1S/C17H14N4O3S2/c1-9(22)15(16(24)18-11-4-2-3-5-13(11)23)20-21-17-19-12-8-10(25)6-7-14(12)26-17/h2-8,22-23,25H,1H3,(H,18,24)/b15-9+,21-20?. The number of carbonyl (C=O) groups excluding carboxylic acids is 1. The van der Waals surface area contributed by atoms with Crippen LogP contribution in [-0.2, 0) is 4.79 Å². The Balaban J connectivity index is 1.83. The summed E-state index contributed by atoms with van der Waals surface area (Å²) in [5.41, 5.74) is 0.650. The molecule has 0 fully saturated rings. The lowest BCUT2D eigenvalue weighted by atomic mass is 10.2. The molecule has 1 amide bonds. The molecule has 0 unspecified atom stereocenters. The Morgan fingerprint density at radius 2 is 2.04 bits per heavy atom. The molecule has 0 atom stereocenters. The van der Waals surface area contributed by atoms with Crippen LogP contribution in [0.5, 0.6) is 5.75 Å². The number of rotatable bonds is 4. The number of aliphatic hydroxyl groups is 1. The second-order valence-corrected chi connectivity index (χ2v) is 6.78. The Hall–Kier alpha value is -2.91. The van der Waals surface area contributed by atoms with Crippen molar-refractivity contribution >= 4 is 50.9 Å². The van der Waals surface area contributed by atoms with Crippen LogP contribution in [0, 0.1) is 0 Å². The number of thiol groups is 1. The van der Waals surface area contributed by atoms with Crippen LogP contribution in [0.1, 0.15) is 6.92 Å². The molecule has 3 N–H and O–H groups in total. The first-order valence-corrected chi connectivity index (χ1v) is 8.71. The summed E-state index contributed by atoms with van der Waals surface area (Å²) in [5.74, 6) is -1.10. The Kier molecular flexibility index (Phi) is 5.19. The number of hydrogen-bond donors (Lipinski definition) is 4. The van der Waals surface area contributed by atoms with Crippen LogP contribution in [0.3, 0.4) is 0 Å². The fourth-order valence-corrected chi connectivity index (χ4v) is 3.05. The highest BCUT2D eigenvalue weighted by molar-refractivity contribution is 7.80. The van der Waals surface area contributed by atoms with Crippen molar-refractivity contribution in [1.82, 2.24) is 4.98 Å². The molecule has 132 valence electrons. The average molecular weight is 386 g/mol. The molecule has 0 saturated carbocycles. The van der Waals surface area contributed by atoms with E-state index >= 15 is 0 Å². The van der Waals surface area contributed by atoms with Gasteiger partial charge in [0.2, 0.25) is 5.13 Å². The van der Waals surface area contributed by atoms with Crippen LogP contribution in [0.25, 0.3) is 10.2 Å². The van der Waals surface area contributed by atoms with Gasteiger partial charge < -0.3 is 15.5 Å². The first kappa shape index (κ1) is 17.9.